The maximum Gasteiger partial charge on any atom is 0.128 e. The van der Waals surface area contributed by atoms with Crippen LogP contribution < -0.4 is 5.32 Å². The first kappa shape index (κ1) is 5.31. The number of nitrogens with one attached hydrogen (secondary N) is 1. The van der Waals surface area contributed by atoms with Crippen LogP contribution in [0.5, 0.6) is 0 Å². The van der Waals surface area contributed by atoms with Gasteiger partial charge in [0.25, 0.3) is 0 Å². The maximum atomic E-state index is 4.58. The minimum atomic E-state index is 0.823. The van der Waals surface area contributed by atoms with Gasteiger partial charge in [-0.25, -0.2) is 0 Å². The van der Waals surface area contributed by atoms with Gasteiger partial charge in [0.1, 0.15) is 6.26 Å². The largest absolute Gasteiger partial charge is 0.364 e. The fourth-order valence-corrected chi connectivity index (χ4v) is 0.518. The minimum Gasteiger partial charge on any atom is -0.364 e. The average molecular weight is 112 g/mol. The highest BCUT2D eigenvalue weighted by Crippen LogP contribution is 1.92. The molecule has 44 valence electrons. The minimum absolute atomic E-state index is 0.823. The zero-order valence-corrected chi connectivity index (χ0v) is 4.72. The topological polar surface area (TPSA) is 38.1 Å². The molecule has 0 aromatic carbocycles. The van der Waals surface area contributed by atoms with Crippen molar-refractivity contribution in [3.8, 4) is 0 Å². The van der Waals surface area contributed by atoms with Crippen molar-refractivity contribution in [1.29, 1.82) is 0 Å². The Morgan fingerprint density at radius 2 is 2.75 bits per heavy atom. The van der Waals surface area contributed by atoms with E-state index in [0.717, 1.165) is 12.1 Å². The van der Waals surface area contributed by atoms with Gasteiger partial charge in [-0.3, -0.25) is 0 Å². The molecule has 0 atom stereocenters. The monoisotopic (exact) mass is 112 g/mol. The van der Waals surface area contributed by atoms with Gasteiger partial charge < -0.3 is 9.84 Å². The number of nitrogens with zero attached hydrogens (tertiary/aromatic N) is 1. The lowest BCUT2D eigenvalue weighted by Gasteiger charge is -1.87. The molecule has 0 bridgehead atoms. The zero-order chi connectivity index (χ0) is 5.82. The third kappa shape index (κ3) is 1.07. The highest BCUT2D eigenvalue weighted by Gasteiger charge is 1.88. The standard InChI is InChI=1S/C5H8N2O/c1-6-2-5-3-7-8-4-5/h3-4,6H,2H2,1H3. The van der Waals surface area contributed by atoms with E-state index < -0.39 is 0 Å². The second kappa shape index (κ2) is 2.47. The van der Waals surface area contributed by atoms with Crippen molar-refractivity contribution in [1.82, 2.24) is 10.5 Å². The second-order valence-electron chi connectivity index (χ2n) is 1.56. The summed E-state index contributed by atoms with van der Waals surface area (Å²) >= 11 is 0. The average Bonchev–Trinajstić information content (AvgIpc) is 2.19. The Hall–Kier alpha value is -0.830. The lowest BCUT2D eigenvalue weighted by molar-refractivity contribution is 0.418. The van der Waals surface area contributed by atoms with Crippen LogP contribution in [-0.4, -0.2) is 12.2 Å². The van der Waals surface area contributed by atoms with E-state index in [1.54, 1.807) is 12.5 Å². The molecule has 1 N–H and O–H groups in total. The molecule has 0 saturated heterocycles. The summed E-state index contributed by atoms with van der Waals surface area (Å²) in [6.07, 6.45) is 3.31. The molecule has 8 heavy (non-hydrogen) atoms. The molecular formula is C5H8N2O. The van der Waals surface area contributed by atoms with Gasteiger partial charge in [-0.15, -0.1) is 0 Å². The van der Waals surface area contributed by atoms with Gasteiger partial charge in [0.15, 0.2) is 0 Å². The van der Waals surface area contributed by atoms with Crippen molar-refractivity contribution in [3.05, 3.63) is 18.0 Å². The van der Waals surface area contributed by atoms with Gasteiger partial charge >= 0.3 is 0 Å². The fourth-order valence-electron chi connectivity index (χ4n) is 0.518. The molecule has 0 amide bonds. The number of aromatic nitrogens is 1. The Balaban J connectivity index is 2.50. The molecule has 3 nitrogen and oxygen atoms in total. The van der Waals surface area contributed by atoms with Gasteiger partial charge in [0, 0.05) is 12.1 Å². The predicted octanol–water partition coefficient (Wildman–Crippen LogP) is 0.394. The van der Waals surface area contributed by atoms with Crippen LogP contribution in [0.25, 0.3) is 0 Å². The number of hydrogen-bond donors (Lipinski definition) is 1. The predicted molar refractivity (Wildman–Crippen MR) is 29.3 cm³/mol. The Kier molecular flexibility index (Phi) is 1.64. The molecule has 0 saturated carbocycles. The van der Waals surface area contributed by atoms with Crippen LogP contribution in [0.1, 0.15) is 5.56 Å². The highest BCUT2D eigenvalue weighted by molar-refractivity contribution is 4.98. The number of rotatable bonds is 2. The normalized spacial score (nSPS) is 9.62. The van der Waals surface area contributed by atoms with E-state index in [0.29, 0.717) is 0 Å². The highest BCUT2D eigenvalue weighted by atomic mass is 16.5. The third-order valence-corrected chi connectivity index (χ3v) is 0.864. The first-order valence-electron chi connectivity index (χ1n) is 2.46. The molecule has 0 aliphatic heterocycles. The maximum absolute atomic E-state index is 4.58. The van der Waals surface area contributed by atoms with Crippen LogP contribution in [0.15, 0.2) is 17.0 Å². The second-order valence-corrected chi connectivity index (χ2v) is 1.56. The van der Waals surface area contributed by atoms with Gasteiger partial charge in [-0.2, -0.15) is 0 Å². The summed E-state index contributed by atoms with van der Waals surface area (Å²) in [6, 6.07) is 0. The van der Waals surface area contributed by atoms with Crippen molar-refractivity contribution < 1.29 is 4.52 Å². The van der Waals surface area contributed by atoms with E-state index in [1.165, 1.54) is 0 Å². The fraction of sp³-hybridized carbons (Fsp3) is 0.400. The van der Waals surface area contributed by atoms with E-state index in [2.05, 4.69) is 15.0 Å². The summed E-state index contributed by atoms with van der Waals surface area (Å²) in [4.78, 5) is 0. The molecule has 1 rings (SSSR count). The number of hydrogen-bond acceptors (Lipinski definition) is 3. The molecular weight excluding hydrogens is 104 g/mol. The van der Waals surface area contributed by atoms with E-state index in [4.69, 9.17) is 0 Å². The van der Waals surface area contributed by atoms with Crippen molar-refractivity contribution in [3.63, 3.8) is 0 Å². The smallest absolute Gasteiger partial charge is 0.128 e. The molecule has 0 unspecified atom stereocenters. The molecule has 1 aromatic rings. The summed E-state index contributed by atoms with van der Waals surface area (Å²) in [7, 11) is 1.88. The van der Waals surface area contributed by atoms with Crippen LogP contribution in [0.4, 0.5) is 0 Å². The Labute approximate surface area is 47.7 Å². The SMILES string of the molecule is CNCc1cnoc1. The van der Waals surface area contributed by atoms with E-state index in [-0.39, 0.29) is 0 Å². The van der Waals surface area contributed by atoms with Crippen molar-refractivity contribution in [2.24, 2.45) is 0 Å². The Morgan fingerprint density at radius 1 is 1.88 bits per heavy atom. The molecule has 0 aliphatic rings. The summed E-state index contributed by atoms with van der Waals surface area (Å²) < 4.78 is 4.58. The van der Waals surface area contributed by atoms with Gasteiger partial charge in [0.05, 0.1) is 6.20 Å². The van der Waals surface area contributed by atoms with E-state index >= 15 is 0 Å². The first-order valence-corrected chi connectivity index (χ1v) is 2.46. The lowest BCUT2D eigenvalue weighted by atomic mass is 10.4. The summed E-state index contributed by atoms with van der Waals surface area (Å²) in [5.41, 5.74) is 1.08. The third-order valence-electron chi connectivity index (χ3n) is 0.864. The van der Waals surface area contributed by atoms with Crippen molar-refractivity contribution in [2.45, 2.75) is 6.54 Å². The van der Waals surface area contributed by atoms with E-state index in [1.807, 2.05) is 7.05 Å². The molecule has 1 heterocycles. The molecule has 0 aliphatic carbocycles. The van der Waals surface area contributed by atoms with Crippen LogP contribution in [0.2, 0.25) is 0 Å². The zero-order valence-electron chi connectivity index (χ0n) is 4.72. The quantitative estimate of drug-likeness (QED) is 0.601. The van der Waals surface area contributed by atoms with Gasteiger partial charge in [0.2, 0.25) is 0 Å². The summed E-state index contributed by atoms with van der Waals surface area (Å²) in [5, 5.41) is 6.50. The van der Waals surface area contributed by atoms with E-state index in [9.17, 15) is 0 Å². The molecule has 3 heteroatoms. The summed E-state index contributed by atoms with van der Waals surface area (Å²) in [6.45, 7) is 0.823. The van der Waals surface area contributed by atoms with Crippen molar-refractivity contribution >= 4 is 0 Å². The first-order chi connectivity index (χ1) is 3.93. The van der Waals surface area contributed by atoms with Crippen LogP contribution in [0, 0.1) is 0 Å². The molecule has 0 spiro atoms. The molecule has 0 fully saturated rings. The van der Waals surface area contributed by atoms with Gasteiger partial charge in [-0.1, -0.05) is 5.16 Å². The Bertz CT molecular complexity index is 136. The van der Waals surface area contributed by atoms with Crippen LogP contribution in [-0.2, 0) is 6.54 Å². The van der Waals surface area contributed by atoms with Crippen LogP contribution in [0.3, 0.4) is 0 Å². The lowest BCUT2D eigenvalue weighted by Crippen LogP contribution is -2.03. The van der Waals surface area contributed by atoms with Crippen LogP contribution >= 0.6 is 0 Å². The molecule has 0 radical (unpaired) electrons. The van der Waals surface area contributed by atoms with Gasteiger partial charge in [-0.05, 0) is 7.05 Å². The molecule has 1 aromatic heterocycles. The Morgan fingerprint density at radius 3 is 3.25 bits per heavy atom. The summed E-state index contributed by atoms with van der Waals surface area (Å²) in [5.74, 6) is 0. The van der Waals surface area contributed by atoms with Crippen molar-refractivity contribution in [2.75, 3.05) is 7.05 Å².